The summed E-state index contributed by atoms with van der Waals surface area (Å²) >= 11 is 0. The van der Waals surface area contributed by atoms with Crippen molar-refractivity contribution in [1.29, 1.82) is 0 Å². The van der Waals surface area contributed by atoms with E-state index in [9.17, 15) is 19.2 Å². The quantitative estimate of drug-likeness (QED) is 0.375. The molecule has 2 saturated heterocycles. The van der Waals surface area contributed by atoms with Crippen molar-refractivity contribution in [3.63, 3.8) is 0 Å². The highest BCUT2D eigenvalue weighted by Gasteiger charge is 2.41. The second-order valence-corrected chi connectivity index (χ2v) is 10.4. The Balaban J connectivity index is 1.20. The van der Waals surface area contributed by atoms with E-state index in [1.807, 2.05) is 49.4 Å². The number of para-hydroxylation sites is 1. The van der Waals surface area contributed by atoms with Crippen LogP contribution in [0, 0.1) is 18.8 Å². The molecule has 3 heterocycles. The van der Waals surface area contributed by atoms with E-state index in [0.717, 1.165) is 22.2 Å². The van der Waals surface area contributed by atoms with E-state index < -0.39 is 12.1 Å². The predicted octanol–water partition coefficient (Wildman–Crippen LogP) is 2.93. The summed E-state index contributed by atoms with van der Waals surface area (Å²) in [7, 11) is 0. The van der Waals surface area contributed by atoms with Gasteiger partial charge in [-0.05, 0) is 55.5 Å². The van der Waals surface area contributed by atoms with Crippen LogP contribution < -0.4 is 20.7 Å². The van der Waals surface area contributed by atoms with E-state index in [0.29, 0.717) is 43.9 Å². The molecule has 10 nitrogen and oxygen atoms in total. The monoisotopic (exact) mass is 543 g/mol. The molecule has 2 aromatic carbocycles. The Bertz CT molecular complexity index is 1430. The number of imide groups is 1. The molecule has 0 spiro atoms. The minimum atomic E-state index is -0.728. The molecular formula is C30H33N5O5. The smallest absolute Gasteiger partial charge is 0.322 e. The summed E-state index contributed by atoms with van der Waals surface area (Å²) in [4.78, 5) is 55.4. The first kappa shape index (κ1) is 27.1. The minimum Gasteiger partial charge on any atom is -0.487 e. The van der Waals surface area contributed by atoms with Crippen molar-refractivity contribution in [3.8, 4) is 5.75 Å². The normalized spacial score (nSPS) is 18.2. The first-order valence-corrected chi connectivity index (χ1v) is 13.5. The van der Waals surface area contributed by atoms with E-state index in [1.54, 1.807) is 24.0 Å². The van der Waals surface area contributed by atoms with Gasteiger partial charge in [0, 0.05) is 49.1 Å². The Kier molecular flexibility index (Phi) is 7.95. The summed E-state index contributed by atoms with van der Waals surface area (Å²) in [6.45, 7) is 5.21. The fourth-order valence-electron chi connectivity index (χ4n) is 5.49. The number of hydrogen-bond acceptors (Lipinski definition) is 6. The molecule has 40 heavy (non-hydrogen) atoms. The van der Waals surface area contributed by atoms with Crippen LogP contribution in [0.4, 0.5) is 4.79 Å². The minimum absolute atomic E-state index is 0.0212. The maximum Gasteiger partial charge on any atom is 0.322 e. The third-order valence-electron chi connectivity index (χ3n) is 7.76. The first-order chi connectivity index (χ1) is 19.3. The van der Waals surface area contributed by atoms with Crippen molar-refractivity contribution >= 4 is 34.7 Å². The van der Waals surface area contributed by atoms with Gasteiger partial charge in [-0.15, -0.1) is 0 Å². The molecular weight excluding hydrogens is 510 g/mol. The highest BCUT2D eigenvalue weighted by atomic mass is 16.5. The SMILES string of the molecule is CC(=O)N1CCC(C(CNC(=O)c2ccc(COc3cccc4ccc(C)nc34)cc2)C2NC(=O)NC2=O)CC1. The number of likely N-dealkylation sites (tertiary alicyclic amines) is 1. The number of aryl methyl sites for hydroxylation is 1. The van der Waals surface area contributed by atoms with E-state index >= 15 is 0 Å². The van der Waals surface area contributed by atoms with Crippen LogP contribution in [0.25, 0.3) is 10.9 Å². The third-order valence-corrected chi connectivity index (χ3v) is 7.76. The van der Waals surface area contributed by atoms with Crippen LogP contribution in [0.5, 0.6) is 5.75 Å². The highest BCUT2D eigenvalue weighted by Crippen LogP contribution is 2.29. The summed E-state index contributed by atoms with van der Waals surface area (Å²) in [6, 6.07) is 15.7. The van der Waals surface area contributed by atoms with Gasteiger partial charge >= 0.3 is 6.03 Å². The number of carbonyl (C=O) groups is 4. The molecule has 2 aliphatic rings. The van der Waals surface area contributed by atoms with Gasteiger partial charge in [-0.3, -0.25) is 19.7 Å². The fraction of sp³-hybridized carbons (Fsp3) is 0.367. The number of hydrogen-bond donors (Lipinski definition) is 3. The zero-order valence-electron chi connectivity index (χ0n) is 22.6. The molecule has 2 unspecified atom stereocenters. The fourth-order valence-corrected chi connectivity index (χ4v) is 5.49. The zero-order valence-corrected chi connectivity index (χ0v) is 22.6. The number of pyridine rings is 1. The number of amides is 5. The van der Waals surface area contributed by atoms with Crippen molar-refractivity contribution in [2.45, 2.75) is 39.3 Å². The molecule has 10 heteroatoms. The third kappa shape index (κ3) is 6.06. The van der Waals surface area contributed by atoms with E-state index in [1.165, 1.54) is 0 Å². The van der Waals surface area contributed by atoms with Crippen LogP contribution in [0.3, 0.4) is 0 Å². The maximum absolute atomic E-state index is 13.0. The molecule has 2 fully saturated rings. The van der Waals surface area contributed by atoms with Gasteiger partial charge in [0.1, 0.15) is 23.9 Å². The van der Waals surface area contributed by atoms with Gasteiger partial charge in [-0.25, -0.2) is 9.78 Å². The maximum atomic E-state index is 13.0. The Hall–Kier alpha value is -4.47. The number of nitrogens with one attached hydrogen (secondary N) is 3. The van der Waals surface area contributed by atoms with E-state index in [4.69, 9.17) is 4.74 Å². The Labute approximate surface area is 232 Å². The largest absolute Gasteiger partial charge is 0.487 e. The molecule has 3 aromatic rings. The molecule has 1 aromatic heterocycles. The molecule has 0 bridgehead atoms. The molecule has 5 amide bonds. The summed E-state index contributed by atoms with van der Waals surface area (Å²) in [6.07, 6.45) is 1.39. The summed E-state index contributed by atoms with van der Waals surface area (Å²) in [5, 5.41) is 8.95. The Morgan fingerprint density at radius 2 is 1.82 bits per heavy atom. The molecule has 0 aliphatic carbocycles. The topological polar surface area (TPSA) is 130 Å². The van der Waals surface area contributed by atoms with Crippen LogP contribution in [-0.2, 0) is 16.2 Å². The lowest BCUT2D eigenvalue weighted by atomic mass is 9.79. The van der Waals surface area contributed by atoms with Crippen molar-refractivity contribution in [3.05, 3.63) is 71.4 Å². The van der Waals surface area contributed by atoms with Crippen molar-refractivity contribution in [2.24, 2.45) is 11.8 Å². The number of benzene rings is 2. The highest BCUT2D eigenvalue weighted by molar-refractivity contribution is 6.04. The van der Waals surface area contributed by atoms with Crippen LogP contribution in [0.15, 0.2) is 54.6 Å². The van der Waals surface area contributed by atoms with Gasteiger partial charge in [0.25, 0.3) is 11.8 Å². The molecule has 208 valence electrons. The number of carbonyl (C=O) groups excluding carboxylic acids is 4. The number of aromatic nitrogens is 1. The standard InChI is InChI=1S/C30H33N5O5/c1-18-6-9-22-4-3-5-25(26(22)32-18)40-17-20-7-10-23(11-8-20)28(37)31-16-24(27-29(38)34-30(39)33-27)21-12-14-35(15-13-21)19(2)36/h3-11,21,24,27H,12-17H2,1-2H3,(H,31,37)(H2,33,34,38,39). The van der Waals surface area contributed by atoms with E-state index in [2.05, 4.69) is 20.9 Å². The summed E-state index contributed by atoms with van der Waals surface area (Å²) in [5.41, 5.74) is 3.11. The second kappa shape index (κ2) is 11.7. The van der Waals surface area contributed by atoms with Gasteiger partial charge in [-0.1, -0.05) is 30.3 Å². The molecule has 5 rings (SSSR count). The number of rotatable bonds is 8. The predicted molar refractivity (Wildman–Crippen MR) is 149 cm³/mol. The lowest BCUT2D eigenvalue weighted by molar-refractivity contribution is -0.131. The van der Waals surface area contributed by atoms with Crippen molar-refractivity contribution < 1.29 is 23.9 Å². The second-order valence-electron chi connectivity index (χ2n) is 10.4. The van der Waals surface area contributed by atoms with Crippen LogP contribution >= 0.6 is 0 Å². The van der Waals surface area contributed by atoms with Crippen molar-refractivity contribution in [2.75, 3.05) is 19.6 Å². The van der Waals surface area contributed by atoms with Gasteiger partial charge in [0.2, 0.25) is 5.91 Å². The number of nitrogens with zero attached hydrogens (tertiary/aromatic N) is 2. The Morgan fingerprint density at radius 3 is 2.50 bits per heavy atom. The van der Waals surface area contributed by atoms with Crippen LogP contribution in [-0.4, -0.2) is 59.3 Å². The number of piperidine rings is 1. The Morgan fingerprint density at radius 1 is 1.07 bits per heavy atom. The molecule has 0 radical (unpaired) electrons. The lowest BCUT2D eigenvalue weighted by Crippen LogP contribution is -2.49. The van der Waals surface area contributed by atoms with Gasteiger partial charge in [0.05, 0.1) is 0 Å². The average molecular weight is 544 g/mol. The van der Waals surface area contributed by atoms with Gasteiger partial charge in [0.15, 0.2) is 0 Å². The number of fused-ring (bicyclic) bond motifs is 1. The zero-order chi connectivity index (χ0) is 28.2. The van der Waals surface area contributed by atoms with Crippen LogP contribution in [0.2, 0.25) is 0 Å². The summed E-state index contributed by atoms with van der Waals surface area (Å²) < 4.78 is 6.04. The molecule has 2 atom stereocenters. The van der Waals surface area contributed by atoms with Crippen molar-refractivity contribution in [1.82, 2.24) is 25.8 Å². The lowest BCUT2D eigenvalue weighted by Gasteiger charge is -2.37. The number of urea groups is 1. The average Bonchev–Trinajstić information content (AvgIpc) is 3.29. The first-order valence-electron chi connectivity index (χ1n) is 13.5. The van der Waals surface area contributed by atoms with Crippen LogP contribution in [0.1, 0.15) is 41.4 Å². The molecule has 2 aliphatic heterocycles. The van der Waals surface area contributed by atoms with Gasteiger partial charge in [-0.2, -0.15) is 0 Å². The van der Waals surface area contributed by atoms with Gasteiger partial charge < -0.3 is 20.3 Å². The number of ether oxygens (including phenoxy) is 1. The summed E-state index contributed by atoms with van der Waals surface area (Å²) in [5.74, 6) is -0.164. The molecule has 3 N–H and O–H groups in total. The molecule has 0 saturated carbocycles. The van der Waals surface area contributed by atoms with E-state index in [-0.39, 0.29) is 36.1 Å².